The Morgan fingerprint density at radius 3 is 2.60 bits per heavy atom. The van der Waals surface area contributed by atoms with Crippen LogP contribution in [0.25, 0.3) is 0 Å². The Labute approximate surface area is 169 Å². The topological polar surface area (TPSA) is 166 Å². The number of anilines is 1. The number of unbranched alkanes of at least 4 members (excludes halogenated alkanes) is 3. The zero-order valence-corrected chi connectivity index (χ0v) is 16.0. The van der Waals surface area contributed by atoms with E-state index >= 15 is 0 Å². The molecule has 1 aliphatic heterocycles. The van der Waals surface area contributed by atoms with Crippen LogP contribution in [-0.4, -0.2) is 56.5 Å². The third kappa shape index (κ3) is 5.93. The van der Waals surface area contributed by atoms with Crippen LogP contribution in [0.3, 0.4) is 0 Å². The Kier molecular flexibility index (Phi) is 8.20. The van der Waals surface area contributed by atoms with Gasteiger partial charge in [-0.2, -0.15) is 13.8 Å². The Balaban J connectivity index is 1.79. The van der Waals surface area contributed by atoms with Crippen molar-refractivity contribution in [3.8, 4) is 0 Å². The lowest BCUT2D eigenvalue weighted by Gasteiger charge is -2.20. The molecule has 0 bridgehead atoms. The van der Waals surface area contributed by atoms with Gasteiger partial charge in [-0.25, -0.2) is 10.3 Å². The van der Waals surface area contributed by atoms with E-state index in [1.54, 1.807) is 0 Å². The first-order valence-corrected chi connectivity index (χ1v) is 9.31. The first-order valence-electron chi connectivity index (χ1n) is 9.31. The van der Waals surface area contributed by atoms with Gasteiger partial charge in [-0.3, -0.25) is 19.4 Å². The van der Waals surface area contributed by atoms with Crippen molar-refractivity contribution in [3.05, 3.63) is 22.7 Å². The number of nitrogens with two attached hydrogens (primary N) is 1. The molecule has 1 fully saturated rings. The van der Waals surface area contributed by atoms with Crippen molar-refractivity contribution in [1.29, 1.82) is 0 Å². The largest absolute Gasteiger partial charge is 0.463 e. The van der Waals surface area contributed by atoms with Gasteiger partial charge in [0, 0.05) is 19.0 Å². The highest BCUT2D eigenvalue weighted by Gasteiger charge is 2.60. The molecule has 0 saturated carbocycles. The van der Waals surface area contributed by atoms with E-state index in [2.05, 4.69) is 4.98 Å². The summed E-state index contributed by atoms with van der Waals surface area (Å²) in [4.78, 5) is 37.8. The molecule has 11 nitrogen and oxygen atoms in total. The second-order valence-corrected chi connectivity index (χ2v) is 6.82. The summed E-state index contributed by atoms with van der Waals surface area (Å²) >= 11 is 0. The van der Waals surface area contributed by atoms with Crippen molar-refractivity contribution < 1.29 is 38.2 Å². The van der Waals surface area contributed by atoms with Crippen LogP contribution < -0.4 is 16.9 Å². The number of aromatic nitrogens is 2. The lowest BCUT2D eigenvalue weighted by Crippen LogP contribution is -2.42. The molecule has 13 heteroatoms. The van der Waals surface area contributed by atoms with E-state index in [1.165, 1.54) is 5.48 Å². The molecular formula is C17H24F2N4O7. The van der Waals surface area contributed by atoms with E-state index in [9.17, 15) is 28.3 Å². The summed E-state index contributed by atoms with van der Waals surface area (Å²) in [5.74, 6) is -5.12. The van der Waals surface area contributed by atoms with Crippen LogP contribution in [0.4, 0.5) is 14.6 Å². The van der Waals surface area contributed by atoms with Gasteiger partial charge < -0.3 is 20.3 Å². The molecule has 1 aromatic heterocycles. The number of alkyl halides is 2. The summed E-state index contributed by atoms with van der Waals surface area (Å²) in [7, 11) is 0. The van der Waals surface area contributed by atoms with Crippen molar-refractivity contribution in [1.82, 2.24) is 15.0 Å². The number of nitrogens with zero attached hydrogens (tertiary/aromatic N) is 2. The number of aliphatic hydroxyl groups is 1. The number of nitrogen functional groups attached to an aromatic ring is 1. The summed E-state index contributed by atoms with van der Waals surface area (Å²) in [6, 6.07) is 1.14. The molecule has 0 aliphatic carbocycles. The molecule has 1 saturated heterocycles. The van der Waals surface area contributed by atoms with Gasteiger partial charge in [-0.1, -0.05) is 12.8 Å². The van der Waals surface area contributed by atoms with Crippen LogP contribution >= 0.6 is 0 Å². The number of amides is 1. The quantitative estimate of drug-likeness (QED) is 0.173. The smallest absolute Gasteiger partial charge is 0.351 e. The minimum absolute atomic E-state index is 0.0240. The third-order valence-electron chi connectivity index (χ3n) is 4.55. The molecule has 1 aromatic rings. The molecule has 2 rings (SSSR count). The zero-order valence-electron chi connectivity index (χ0n) is 16.0. The second-order valence-electron chi connectivity index (χ2n) is 6.82. The fourth-order valence-electron chi connectivity index (χ4n) is 2.92. The fourth-order valence-corrected chi connectivity index (χ4v) is 2.92. The molecule has 3 atom stereocenters. The highest BCUT2D eigenvalue weighted by molar-refractivity contribution is 5.74. The van der Waals surface area contributed by atoms with Crippen molar-refractivity contribution >= 4 is 17.7 Å². The predicted octanol–water partition coefficient (Wildman–Crippen LogP) is 0.108. The maximum Gasteiger partial charge on any atom is 0.351 e. The Hall–Kier alpha value is -2.64. The number of halogens is 2. The number of esters is 1. The average Bonchev–Trinajstić information content (AvgIpc) is 2.92. The van der Waals surface area contributed by atoms with Crippen molar-refractivity contribution in [2.24, 2.45) is 0 Å². The standard InChI is InChI=1S/C17H24F2N4O7/c18-17(19)14(26)10(30-15(17)23-8-7-11(20)21-16(23)27)9-29-13(25)6-4-2-1-3-5-12(24)22-28/h7-8,10,14-15,26,28H,1-6,9H2,(H,22,24)(H2,20,21,27). The van der Waals surface area contributed by atoms with Crippen molar-refractivity contribution in [2.45, 2.75) is 62.9 Å². The summed E-state index contributed by atoms with van der Waals surface area (Å²) in [6.45, 7) is -0.611. The van der Waals surface area contributed by atoms with Crippen LogP contribution in [0, 0.1) is 0 Å². The first kappa shape index (κ1) is 23.6. The van der Waals surface area contributed by atoms with Crippen LogP contribution in [0.2, 0.25) is 0 Å². The molecule has 2 heterocycles. The van der Waals surface area contributed by atoms with E-state index in [0.717, 1.165) is 12.3 Å². The van der Waals surface area contributed by atoms with Crippen LogP contribution in [-0.2, 0) is 19.1 Å². The van der Waals surface area contributed by atoms with Crippen LogP contribution in [0.1, 0.15) is 44.8 Å². The second kappa shape index (κ2) is 10.4. The molecule has 168 valence electrons. The number of rotatable bonds is 10. The van der Waals surface area contributed by atoms with Gasteiger partial charge in [-0.15, -0.1) is 0 Å². The average molecular weight is 434 g/mol. The summed E-state index contributed by atoms with van der Waals surface area (Å²) in [5.41, 5.74) is 5.78. The summed E-state index contributed by atoms with van der Waals surface area (Å²) in [6.07, 6.45) is -2.49. The van der Waals surface area contributed by atoms with Crippen LogP contribution in [0.5, 0.6) is 0 Å². The van der Waals surface area contributed by atoms with Gasteiger partial charge in [0.25, 0.3) is 0 Å². The lowest BCUT2D eigenvalue weighted by molar-refractivity contribution is -0.150. The number of hydrogen-bond acceptors (Lipinski definition) is 9. The van der Waals surface area contributed by atoms with E-state index in [4.69, 9.17) is 20.4 Å². The first-order chi connectivity index (χ1) is 14.2. The molecule has 1 amide bonds. The molecule has 30 heavy (non-hydrogen) atoms. The number of hydroxylamine groups is 1. The zero-order chi connectivity index (χ0) is 22.3. The highest BCUT2D eigenvalue weighted by atomic mass is 19.3. The molecule has 1 aliphatic rings. The van der Waals surface area contributed by atoms with Gasteiger partial charge >= 0.3 is 17.6 Å². The van der Waals surface area contributed by atoms with Crippen molar-refractivity contribution in [3.63, 3.8) is 0 Å². The number of aliphatic hydroxyl groups excluding tert-OH is 1. The van der Waals surface area contributed by atoms with Gasteiger partial charge in [0.15, 0.2) is 6.10 Å². The molecule has 0 aromatic carbocycles. The third-order valence-corrected chi connectivity index (χ3v) is 4.55. The number of ether oxygens (including phenoxy) is 2. The highest BCUT2D eigenvalue weighted by Crippen LogP contribution is 2.42. The van der Waals surface area contributed by atoms with Crippen molar-refractivity contribution in [2.75, 3.05) is 12.3 Å². The molecule has 5 N–H and O–H groups in total. The molecule has 0 radical (unpaired) electrons. The van der Waals surface area contributed by atoms with E-state index in [1.807, 2.05) is 0 Å². The van der Waals surface area contributed by atoms with E-state index in [-0.39, 0.29) is 18.7 Å². The number of nitrogens with one attached hydrogen (secondary N) is 1. The minimum Gasteiger partial charge on any atom is -0.463 e. The monoisotopic (exact) mass is 434 g/mol. The van der Waals surface area contributed by atoms with Gasteiger partial charge in [0.2, 0.25) is 12.1 Å². The van der Waals surface area contributed by atoms with Gasteiger partial charge in [0.05, 0.1) is 0 Å². The predicted molar refractivity (Wildman–Crippen MR) is 96.4 cm³/mol. The normalized spacial score (nSPS) is 22.6. The Bertz CT molecular complexity index is 805. The van der Waals surface area contributed by atoms with Crippen LogP contribution in [0.15, 0.2) is 17.1 Å². The number of carbonyl (C=O) groups is 2. The molecule has 0 spiro atoms. The van der Waals surface area contributed by atoms with Gasteiger partial charge in [0.1, 0.15) is 18.5 Å². The molecule has 3 unspecified atom stereocenters. The SMILES string of the molecule is Nc1ccn(C2OC(COC(=O)CCCCCCC(=O)NO)C(O)C2(F)F)c(=O)n1. The summed E-state index contributed by atoms with van der Waals surface area (Å²) in [5, 5.41) is 18.2. The maximum absolute atomic E-state index is 14.4. The maximum atomic E-state index is 14.4. The Morgan fingerprint density at radius 1 is 1.30 bits per heavy atom. The Morgan fingerprint density at radius 2 is 1.97 bits per heavy atom. The summed E-state index contributed by atoms with van der Waals surface area (Å²) < 4.78 is 39.2. The lowest BCUT2D eigenvalue weighted by atomic mass is 10.1. The number of carbonyl (C=O) groups excluding carboxylic acids is 2. The van der Waals surface area contributed by atoms with E-state index < -0.39 is 48.5 Å². The molecular weight excluding hydrogens is 410 g/mol. The minimum atomic E-state index is -3.82. The fraction of sp³-hybridized carbons (Fsp3) is 0.647. The number of hydrogen-bond donors (Lipinski definition) is 4. The van der Waals surface area contributed by atoms with Gasteiger partial charge in [-0.05, 0) is 18.9 Å². The van der Waals surface area contributed by atoms with E-state index in [0.29, 0.717) is 30.3 Å².